The zero-order valence-corrected chi connectivity index (χ0v) is 74.1. The van der Waals surface area contributed by atoms with Crippen LogP contribution >= 0.6 is 0 Å². The maximum absolute atomic E-state index is 6.48. The lowest BCUT2D eigenvalue weighted by Crippen LogP contribution is -2.14. The fraction of sp³-hybridized carbons (Fsp3) is 0.0238. The lowest BCUT2D eigenvalue weighted by Gasteiger charge is -2.26. The van der Waals surface area contributed by atoms with Gasteiger partial charge in [-0.2, -0.15) is 0 Å². The van der Waals surface area contributed by atoms with Crippen LogP contribution in [0.3, 0.4) is 0 Å². The van der Waals surface area contributed by atoms with Crippen molar-refractivity contribution in [3.05, 3.63) is 466 Å². The van der Waals surface area contributed by atoms with E-state index < -0.39 is 0 Å². The van der Waals surface area contributed by atoms with Crippen LogP contribution in [0.1, 0.15) is 25.0 Å². The van der Waals surface area contributed by atoms with Gasteiger partial charge < -0.3 is 31.9 Å². The van der Waals surface area contributed by atoms with E-state index in [-0.39, 0.29) is 5.41 Å². The summed E-state index contributed by atoms with van der Waals surface area (Å²) >= 11 is 0. The van der Waals surface area contributed by atoms with Crippen LogP contribution in [-0.4, -0.2) is 15.0 Å². The van der Waals surface area contributed by atoms with Crippen LogP contribution < -0.4 is 9.80 Å². The highest BCUT2D eigenvalue weighted by molar-refractivity contribution is 6.22. The average Bonchev–Trinajstić information content (AvgIpc) is 1.58. The highest BCUT2D eigenvalue weighted by Gasteiger charge is 2.36. The number of oxazole rings is 3. The average molecular weight is 1750 g/mol. The van der Waals surface area contributed by atoms with Gasteiger partial charge in [0, 0.05) is 77.2 Å². The molecule has 10 nitrogen and oxygen atoms in total. The van der Waals surface area contributed by atoms with E-state index in [1.165, 1.54) is 44.2 Å². The van der Waals surface area contributed by atoms with E-state index >= 15 is 0 Å². The summed E-state index contributed by atoms with van der Waals surface area (Å²) in [5, 5.41) is 18.1. The largest absolute Gasteiger partial charge is 0.456 e. The molecule has 0 atom stereocenters. The molecule has 640 valence electrons. The Hall–Kier alpha value is -18.0. The number of nitrogens with zero attached hydrogens (tertiary/aromatic N) is 5. The second kappa shape index (κ2) is 32.2. The van der Waals surface area contributed by atoms with Crippen molar-refractivity contribution in [3.8, 4) is 78.9 Å². The molecule has 0 saturated carbocycles. The molecular weight excluding hydrogens is 1660 g/mol. The van der Waals surface area contributed by atoms with Crippen LogP contribution in [0.5, 0.6) is 0 Å². The zero-order chi connectivity index (χ0) is 90.1. The van der Waals surface area contributed by atoms with E-state index in [1.807, 2.05) is 140 Å². The van der Waals surface area contributed by atoms with Crippen molar-refractivity contribution in [3.63, 3.8) is 0 Å². The normalized spacial score (nSPS) is 12.2. The first-order valence-corrected chi connectivity index (χ1v) is 46.1. The summed E-state index contributed by atoms with van der Waals surface area (Å²) in [5.41, 5.74) is 30.3. The molecule has 136 heavy (non-hydrogen) atoms. The Kier molecular flexibility index (Phi) is 18.7. The number of benzene rings is 22. The van der Waals surface area contributed by atoms with Gasteiger partial charge in [-0.05, 0) is 262 Å². The van der Waals surface area contributed by atoms with E-state index in [9.17, 15) is 0 Å². The summed E-state index contributed by atoms with van der Waals surface area (Å²) in [6.45, 7) is 4.67. The fourth-order valence-electron chi connectivity index (χ4n) is 20.6. The van der Waals surface area contributed by atoms with Crippen molar-refractivity contribution >= 4 is 176 Å². The van der Waals surface area contributed by atoms with Crippen LogP contribution in [0, 0.1) is 0 Å². The number of anilines is 6. The summed E-state index contributed by atoms with van der Waals surface area (Å²) < 4.78 is 32.1. The van der Waals surface area contributed by atoms with Gasteiger partial charge in [0.15, 0.2) is 22.3 Å². The van der Waals surface area contributed by atoms with E-state index in [0.29, 0.717) is 17.7 Å². The van der Waals surface area contributed by atoms with Crippen LogP contribution in [0.15, 0.2) is 477 Å². The third-order valence-electron chi connectivity index (χ3n) is 27.2. The topological polar surface area (TPSA) is 111 Å². The van der Waals surface area contributed by atoms with Crippen molar-refractivity contribution in [1.82, 2.24) is 15.0 Å². The summed E-state index contributed by atoms with van der Waals surface area (Å²) in [4.78, 5) is 19.1. The Balaban J connectivity index is 0.000000107. The molecule has 27 aromatic rings. The highest BCUT2D eigenvalue weighted by atomic mass is 16.4. The van der Waals surface area contributed by atoms with Gasteiger partial charge in [-0.3, -0.25) is 0 Å². The van der Waals surface area contributed by atoms with Gasteiger partial charge >= 0.3 is 0 Å². The molecule has 10 heteroatoms. The molecule has 0 radical (unpaired) electrons. The Morgan fingerprint density at radius 1 is 0.199 bits per heavy atom. The molecule has 22 aromatic carbocycles. The Morgan fingerprint density at radius 2 is 0.537 bits per heavy atom. The second-order valence-electron chi connectivity index (χ2n) is 35.6. The van der Waals surface area contributed by atoms with E-state index in [1.54, 1.807) is 0 Å². The van der Waals surface area contributed by atoms with Gasteiger partial charge in [0.1, 0.15) is 33.3 Å². The number of para-hydroxylation sites is 5. The van der Waals surface area contributed by atoms with Gasteiger partial charge in [0.05, 0.1) is 16.8 Å². The van der Waals surface area contributed by atoms with Crippen molar-refractivity contribution in [2.24, 2.45) is 0 Å². The number of rotatable bonds is 12. The van der Waals surface area contributed by atoms with Crippen LogP contribution in [0.25, 0.3) is 221 Å². The van der Waals surface area contributed by atoms with Crippen molar-refractivity contribution in [2.45, 2.75) is 19.3 Å². The standard InChI is InChI=1S/2C45H28N2O2.C36H25NO/c1-3-10-32(11-4-1)45-46-39-27-24-31-20-18-30-19-21-33(28-38(30)42(31)44(39)49-45)29-22-25-35(26-23-29)47(34-12-5-2-6-13-34)40-16-9-15-37-36-14-7-8-17-41(36)48-43(37)40;1-3-10-32(11-4-1)45-46-38-27-24-31-20-18-30-19-21-33(28-37(30)42(31)44(38)49-45)29-22-25-35(26-23-29)47(34-12-5-2-6-13-34)39-15-9-17-41-43(39)36-14-7-8-16-40(36)48-41;1-36(2)30-11-7-6-10-27(30)28-18-16-26(21-31(28)36)25-15-13-22-12-14-23-17-19-32-34(33(23)29(22)20-25)38-35(37-32)24-8-4-3-5-9-24/h2*1-28H;3-21H,1-2H3. The molecule has 0 bridgehead atoms. The highest BCUT2D eigenvalue weighted by Crippen LogP contribution is 2.52. The maximum Gasteiger partial charge on any atom is 0.227 e. The number of fused-ring (bicyclic) bond motifs is 24. The molecule has 0 spiro atoms. The summed E-state index contributed by atoms with van der Waals surface area (Å²) in [6, 6.07) is 160. The molecule has 0 amide bonds. The first-order valence-electron chi connectivity index (χ1n) is 46.1. The summed E-state index contributed by atoms with van der Waals surface area (Å²) in [6.07, 6.45) is 0. The lowest BCUT2D eigenvalue weighted by molar-refractivity contribution is 0.623. The number of hydrogen-bond acceptors (Lipinski definition) is 10. The monoisotopic (exact) mass is 1740 g/mol. The molecule has 0 saturated heterocycles. The van der Waals surface area contributed by atoms with Crippen molar-refractivity contribution < 1.29 is 22.1 Å². The first kappa shape index (κ1) is 79.0. The molecule has 0 fully saturated rings. The van der Waals surface area contributed by atoms with Gasteiger partial charge in [-0.1, -0.05) is 311 Å². The summed E-state index contributed by atoms with van der Waals surface area (Å²) in [5.74, 6) is 1.92. The van der Waals surface area contributed by atoms with E-state index in [2.05, 4.69) is 339 Å². The molecule has 0 aliphatic heterocycles. The SMILES string of the molecule is CC1(C)c2ccccc2-c2ccc(-c3ccc4ccc5ccc6nc(-c7ccccc7)oc6c5c4c3)cc21.c1ccc(-c2nc3ccc4ccc5ccc(-c6ccc(N(c7ccccc7)c7cccc8c7oc7ccccc78)cc6)cc5c4c3o2)cc1.c1ccc(-c2nc3ccc4ccc5ccc(-c6ccc(N(c7ccccc7)c7cccc8oc9ccccc9c78)cc6)cc5c4c3o2)cc1. The van der Waals surface area contributed by atoms with E-state index in [4.69, 9.17) is 37.0 Å². The number of hydrogen-bond donors (Lipinski definition) is 0. The fourth-order valence-corrected chi connectivity index (χ4v) is 20.6. The van der Waals surface area contributed by atoms with Gasteiger partial charge in [-0.25, -0.2) is 15.0 Å². The van der Waals surface area contributed by atoms with Gasteiger partial charge in [-0.15, -0.1) is 0 Å². The molecule has 28 rings (SSSR count). The lowest BCUT2D eigenvalue weighted by atomic mass is 9.81. The third kappa shape index (κ3) is 13.5. The molecule has 1 aliphatic rings. The predicted molar refractivity (Wildman–Crippen MR) is 561 cm³/mol. The Morgan fingerprint density at radius 3 is 1.03 bits per heavy atom. The minimum Gasteiger partial charge on any atom is -0.456 e. The van der Waals surface area contributed by atoms with Crippen LogP contribution in [-0.2, 0) is 5.41 Å². The number of aromatic nitrogens is 3. The van der Waals surface area contributed by atoms with Crippen molar-refractivity contribution in [1.29, 1.82) is 0 Å². The second-order valence-corrected chi connectivity index (χ2v) is 35.6. The van der Waals surface area contributed by atoms with Crippen LogP contribution in [0.4, 0.5) is 34.1 Å². The minimum absolute atomic E-state index is 0.0225. The third-order valence-corrected chi connectivity index (χ3v) is 27.2. The molecule has 5 heterocycles. The quantitative estimate of drug-likeness (QED) is 0.110. The first-order chi connectivity index (χ1) is 67.1. The van der Waals surface area contributed by atoms with Gasteiger partial charge in [0.2, 0.25) is 17.7 Å². The minimum atomic E-state index is -0.0225. The zero-order valence-electron chi connectivity index (χ0n) is 74.1. The Bertz CT molecular complexity index is 9380. The Labute approximate surface area is 781 Å². The van der Waals surface area contributed by atoms with Crippen LogP contribution in [0.2, 0.25) is 0 Å². The predicted octanol–water partition coefficient (Wildman–Crippen LogP) is 35.4. The van der Waals surface area contributed by atoms with E-state index in [0.717, 1.165) is 204 Å². The molecular formula is C126H81N5O5. The molecule has 5 aromatic heterocycles. The van der Waals surface area contributed by atoms with Gasteiger partial charge in [0.25, 0.3) is 0 Å². The smallest absolute Gasteiger partial charge is 0.227 e. The van der Waals surface area contributed by atoms with Crippen molar-refractivity contribution in [2.75, 3.05) is 9.80 Å². The summed E-state index contributed by atoms with van der Waals surface area (Å²) in [7, 11) is 0. The molecule has 0 N–H and O–H groups in total. The molecule has 1 aliphatic carbocycles. The maximum atomic E-state index is 6.48. The molecule has 0 unspecified atom stereocenters. The number of furan rings is 2.